The first kappa shape index (κ1) is 54.3. The van der Waals surface area contributed by atoms with Crippen LogP contribution in [-0.4, -0.2) is 94.0 Å². The van der Waals surface area contributed by atoms with Gasteiger partial charge in [0.15, 0.2) is 11.4 Å². The van der Waals surface area contributed by atoms with Gasteiger partial charge < -0.3 is 39.8 Å². The van der Waals surface area contributed by atoms with Crippen LogP contribution in [0.5, 0.6) is 23.0 Å². The lowest BCUT2D eigenvalue weighted by Crippen LogP contribution is -2.37. The summed E-state index contributed by atoms with van der Waals surface area (Å²) in [5, 5.41) is 34.2. The second-order valence-electron chi connectivity index (χ2n) is 19.6. The molecule has 3 aliphatic carbocycles. The lowest BCUT2D eigenvalue weighted by Gasteiger charge is -2.25. The number of amides is 2. The van der Waals surface area contributed by atoms with Crippen molar-refractivity contribution in [3.05, 3.63) is 59.9 Å². The van der Waals surface area contributed by atoms with Crippen LogP contribution in [0.1, 0.15) is 175 Å². The van der Waals surface area contributed by atoms with Gasteiger partial charge in [-0.25, -0.2) is 0 Å². The molecule has 71 heavy (non-hydrogen) atoms. The van der Waals surface area contributed by atoms with Crippen LogP contribution in [0.2, 0.25) is 0 Å². The maximum absolute atomic E-state index is 13.4. The third-order valence-electron chi connectivity index (χ3n) is 14.5. The van der Waals surface area contributed by atoms with E-state index in [9.17, 15) is 29.4 Å². The van der Waals surface area contributed by atoms with Gasteiger partial charge >= 0.3 is 11.9 Å². The van der Waals surface area contributed by atoms with Crippen LogP contribution in [-0.2, 0) is 16.1 Å². The van der Waals surface area contributed by atoms with Crippen molar-refractivity contribution in [1.29, 1.82) is 0 Å². The van der Waals surface area contributed by atoms with E-state index in [1.54, 1.807) is 45.3 Å². The second-order valence-corrected chi connectivity index (χ2v) is 19.6. The Balaban J connectivity index is 0.000000233. The number of carboxylic acids is 2. The molecule has 16 nitrogen and oxygen atoms in total. The number of aliphatic carboxylic acids is 2. The standard InChI is InChI=1S/C29H41N3O5.C26H37N3O5/c1-36-25-14-9-15-26(37-2)28(25)24-19-23(31-32(24)22-12-7-4-8-13-22)29(35)30-21(18-27(33)34)17-16-20-10-5-3-6-11-20;1-4-15-29-21(25-22(33-2)11-8-12-23(25)34-3)17-20(28-29)26(32)27-19(16-24(30)31)14-13-18-9-6-5-7-10-18/h9,14-15,19-22H,3-8,10-13,16-18H2,1-2H3,(H,30,35)(H,33,34);8,11-12,17-19H,4-7,9-10,13-16H2,1-3H3,(H,27,32)(H,30,31)/t21-;19-/m00/s1. The van der Waals surface area contributed by atoms with Gasteiger partial charge in [0, 0.05) is 18.6 Å². The fourth-order valence-corrected chi connectivity index (χ4v) is 10.8. The molecule has 0 saturated heterocycles. The minimum Gasteiger partial charge on any atom is -0.496 e. The Morgan fingerprint density at radius 2 is 0.986 bits per heavy atom. The number of carbonyl (C=O) groups excluding carboxylic acids is 2. The Hall–Kier alpha value is -6.06. The van der Waals surface area contributed by atoms with Crippen molar-refractivity contribution in [1.82, 2.24) is 30.2 Å². The maximum atomic E-state index is 13.4. The number of methoxy groups -OCH3 is 4. The molecule has 3 saturated carbocycles. The monoisotopic (exact) mass is 983 g/mol. The number of benzene rings is 2. The number of carboxylic acid groups (broad SMARTS) is 2. The van der Waals surface area contributed by atoms with Crippen LogP contribution in [0.15, 0.2) is 48.5 Å². The Kier molecular flexibility index (Phi) is 21.0. The molecule has 7 rings (SSSR count). The molecule has 2 aromatic heterocycles. The smallest absolute Gasteiger partial charge is 0.305 e. The quantitative estimate of drug-likeness (QED) is 0.0548. The molecule has 0 aliphatic heterocycles. The molecule has 0 radical (unpaired) electrons. The zero-order valence-corrected chi connectivity index (χ0v) is 42.7. The van der Waals surface area contributed by atoms with Crippen LogP contribution in [0.25, 0.3) is 22.5 Å². The number of ether oxygens (including phenoxy) is 4. The summed E-state index contributed by atoms with van der Waals surface area (Å²) in [6, 6.07) is 14.0. The first-order valence-corrected chi connectivity index (χ1v) is 26.1. The molecular formula is C55H78N6O10. The Labute approximate surface area is 419 Å². The summed E-state index contributed by atoms with van der Waals surface area (Å²) in [5.74, 6) is 1.29. The predicted octanol–water partition coefficient (Wildman–Crippen LogP) is 10.9. The van der Waals surface area contributed by atoms with Crippen LogP contribution < -0.4 is 29.6 Å². The van der Waals surface area contributed by atoms with Gasteiger partial charge in [0.25, 0.3) is 11.8 Å². The molecule has 2 aromatic carbocycles. The van der Waals surface area contributed by atoms with Crippen molar-refractivity contribution < 1.29 is 48.3 Å². The van der Waals surface area contributed by atoms with Gasteiger partial charge in [0.2, 0.25) is 0 Å². The van der Waals surface area contributed by atoms with Gasteiger partial charge in [0.05, 0.1) is 69.8 Å². The zero-order chi connectivity index (χ0) is 50.7. The van der Waals surface area contributed by atoms with Gasteiger partial charge in [-0.3, -0.25) is 28.5 Å². The van der Waals surface area contributed by atoms with Crippen molar-refractivity contribution in [2.45, 2.75) is 173 Å². The average Bonchev–Trinajstić information content (AvgIpc) is 4.03. The van der Waals surface area contributed by atoms with Crippen molar-refractivity contribution in [2.75, 3.05) is 28.4 Å². The first-order chi connectivity index (χ1) is 34.5. The zero-order valence-electron chi connectivity index (χ0n) is 42.7. The number of carbonyl (C=O) groups is 4. The summed E-state index contributed by atoms with van der Waals surface area (Å²) in [4.78, 5) is 49.6. The largest absolute Gasteiger partial charge is 0.496 e. The van der Waals surface area contributed by atoms with Crippen LogP contribution in [0.3, 0.4) is 0 Å². The molecule has 0 unspecified atom stereocenters. The Morgan fingerprint density at radius 1 is 0.592 bits per heavy atom. The molecule has 388 valence electrons. The van der Waals surface area contributed by atoms with Crippen molar-refractivity contribution in [3.63, 3.8) is 0 Å². The van der Waals surface area contributed by atoms with E-state index >= 15 is 0 Å². The summed E-state index contributed by atoms with van der Waals surface area (Å²) in [6.45, 7) is 2.66. The summed E-state index contributed by atoms with van der Waals surface area (Å²) < 4.78 is 26.2. The SMILES string of the molecule is CCCn1nc(C(=O)N[C@@H](CCC2CCCCC2)CC(=O)O)cc1-c1c(OC)cccc1OC.COc1cccc(OC)c1-c1cc(C(=O)N[C@@H](CCC2CCCCC2)CC(=O)O)nn1C1CCCCC1. The molecular weight excluding hydrogens is 905 g/mol. The number of rotatable bonds is 23. The molecule has 0 spiro atoms. The summed E-state index contributed by atoms with van der Waals surface area (Å²) in [6.07, 6.45) is 21.6. The molecule has 2 atom stereocenters. The average molecular weight is 983 g/mol. The summed E-state index contributed by atoms with van der Waals surface area (Å²) >= 11 is 0. The Morgan fingerprint density at radius 3 is 1.39 bits per heavy atom. The van der Waals surface area contributed by atoms with E-state index in [2.05, 4.69) is 15.7 Å². The number of hydrogen-bond donors (Lipinski definition) is 4. The van der Waals surface area contributed by atoms with Gasteiger partial charge in [-0.05, 0) is 93.2 Å². The highest BCUT2D eigenvalue weighted by atomic mass is 16.5. The normalized spacial score (nSPS) is 16.5. The second kappa shape index (κ2) is 27.5. The third kappa shape index (κ3) is 15.2. The highest BCUT2D eigenvalue weighted by molar-refractivity contribution is 5.95. The molecule has 16 heteroatoms. The number of nitrogens with zero attached hydrogens (tertiary/aromatic N) is 4. The van der Waals surface area contributed by atoms with Crippen molar-refractivity contribution in [2.24, 2.45) is 11.8 Å². The molecule has 3 aliphatic rings. The Bertz CT molecular complexity index is 2300. The van der Waals surface area contributed by atoms with Crippen molar-refractivity contribution in [3.8, 4) is 45.5 Å². The summed E-state index contributed by atoms with van der Waals surface area (Å²) in [5.41, 5.74) is 3.54. The molecule has 3 fully saturated rings. The molecule has 4 N–H and O–H groups in total. The van der Waals surface area contributed by atoms with E-state index in [1.165, 1.54) is 70.6 Å². The molecule has 2 amide bonds. The van der Waals surface area contributed by atoms with Gasteiger partial charge in [-0.1, -0.05) is 103 Å². The maximum Gasteiger partial charge on any atom is 0.305 e. The highest BCUT2D eigenvalue weighted by Crippen LogP contribution is 2.42. The van der Waals surface area contributed by atoms with E-state index < -0.39 is 24.0 Å². The first-order valence-electron chi connectivity index (χ1n) is 26.1. The van der Waals surface area contributed by atoms with Gasteiger partial charge in [-0.2, -0.15) is 10.2 Å². The predicted molar refractivity (Wildman–Crippen MR) is 273 cm³/mol. The number of hydrogen-bond acceptors (Lipinski definition) is 10. The van der Waals surface area contributed by atoms with E-state index in [-0.39, 0.29) is 36.4 Å². The fraction of sp³-hybridized carbons (Fsp3) is 0.600. The minimum absolute atomic E-state index is 0.0883. The highest BCUT2D eigenvalue weighted by Gasteiger charge is 2.29. The minimum atomic E-state index is -0.912. The van der Waals surface area contributed by atoms with Crippen LogP contribution in [0, 0.1) is 11.8 Å². The summed E-state index contributed by atoms with van der Waals surface area (Å²) in [7, 11) is 6.43. The molecule has 4 aromatic rings. The fourth-order valence-electron chi connectivity index (χ4n) is 10.8. The number of aromatic nitrogens is 4. The third-order valence-corrected chi connectivity index (χ3v) is 14.5. The van der Waals surface area contributed by atoms with Gasteiger partial charge in [-0.15, -0.1) is 0 Å². The van der Waals surface area contributed by atoms with Crippen LogP contribution in [0.4, 0.5) is 0 Å². The molecule has 0 bridgehead atoms. The van der Waals surface area contributed by atoms with E-state index in [4.69, 9.17) is 24.0 Å². The van der Waals surface area contributed by atoms with Crippen LogP contribution >= 0.6 is 0 Å². The lowest BCUT2D eigenvalue weighted by atomic mass is 9.85. The lowest BCUT2D eigenvalue weighted by molar-refractivity contribution is -0.138. The number of nitrogens with one attached hydrogen (secondary N) is 2. The van der Waals surface area contributed by atoms with Gasteiger partial charge in [0.1, 0.15) is 23.0 Å². The van der Waals surface area contributed by atoms with Crippen molar-refractivity contribution >= 4 is 23.8 Å². The number of aryl methyl sites for hydroxylation is 1. The van der Waals surface area contributed by atoms with E-state index in [0.717, 1.165) is 67.5 Å². The van der Waals surface area contributed by atoms with E-state index in [1.807, 2.05) is 48.0 Å². The topological polar surface area (TPSA) is 205 Å². The molecule has 2 heterocycles. The van der Waals surface area contributed by atoms with E-state index in [0.29, 0.717) is 59.9 Å².